The molecule has 1 amide bonds. The van der Waals surface area contributed by atoms with Gasteiger partial charge in [-0.3, -0.25) is 9.36 Å². The number of amides is 1. The number of aromatic nitrogens is 1. The van der Waals surface area contributed by atoms with Gasteiger partial charge in [-0.25, -0.2) is 4.98 Å². The molecule has 1 fully saturated rings. The number of hydrogen-bond donors (Lipinski definition) is 3. The van der Waals surface area contributed by atoms with Gasteiger partial charge in [0.25, 0.3) is 0 Å². The number of furan rings is 1. The molecule has 10 heteroatoms. The molecule has 176 valence electrons. The van der Waals surface area contributed by atoms with E-state index in [4.69, 9.17) is 9.40 Å². The first-order valence-corrected chi connectivity index (χ1v) is 13.4. The van der Waals surface area contributed by atoms with Gasteiger partial charge in [0.15, 0.2) is 5.13 Å². The molecule has 0 radical (unpaired) electrons. The minimum absolute atomic E-state index is 0.123. The second kappa shape index (κ2) is 9.00. The van der Waals surface area contributed by atoms with Crippen molar-refractivity contribution in [2.45, 2.75) is 25.8 Å². The van der Waals surface area contributed by atoms with Gasteiger partial charge in [0, 0.05) is 37.2 Å². The van der Waals surface area contributed by atoms with Crippen molar-refractivity contribution in [1.82, 2.24) is 9.88 Å². The SMILES string of the molecule is CC(=O)N1CCC(Nc2nc3cccc(-c4cccc(-c5ccc(P(=O)(O)O)o5)c4)c3s2)CC1. The summed E-state index contributed by atoms with van der Waals surface area (Å²) < 4.78 is 17.9. The molecule has 34 heavy (non-hydrogen) atoms. The van der Waals surface area contributed by atoms with E-state index in [0.717, 1.165) is 58.0 Å². The van der Waals surface area contributed by atoms with Crippen molar-refractivity contribution in [2.24, 2.45) is 0 Å². The number of benzene rings is 2. The molecule has 4 aromatic rings. The van der Waals surface area contributed by atoms with Crippen LogP contribution in [0.5, 0.6) is 0 Å². The monoisotopic (exact) mass is 497 g/mol. The third-order valence-corrected chi connectivity index (χ3v) is 7.87. The summed E-state index contributed by atoms with van der Waals surface area (Å²) in [6.45, 7) is 3.12. The molecule has 2 aromatic heterocycles. The van der Waals surface area contributed by atoms with Gasteiger partial charge >= 0.3 is 7.60 Å². The van der Waals surface area contributed by atoms with Crippen molar-refractivity contribution in [1.29, 1.82) is 0 Å². The van der Waals surface area contributed by atoms with Crippen molar-refractivity contribution in [3.63, 3.8) is 0 Å². The van der Waals surface area contributed by atoms with Gasteiger partial charge in [-0.2, -0.15) is 0 Å². The van der Waals surface area contributed by atoms with Crippen LogP contribution in [0.4, 0.5) is 5.13 Å². The van der Waals surface area contributed by atoms with Gasteiger partial charge in [0.1, 0.15) is 5.76 Å². The Balaban J connectivity index is 1.41. The summed E-state index contributed by atoms with van der Waals surface area (Å²) in [4.78, 5) is 36.9. The largest absolute Gasteiger partial charge is 0.448 e. The molecule has 5 rings (SSSR count). The Hall–Kier alpha value is -2.97. The van der Waals surface area contributed by atoms with E-state index in [1.807, 2.05) is 47.4 Å². The molecule has 3 heterocycles. The molecule has 0 atom stereocenters. The highest BCUT2D eigenvalue weighted by Crippen LogP contribution is 2.38. The highest BCUT2D eigenvalue weighted by molar-refractivity contribution is 7.59. The molecule has 1 aliphatic rings. The molecule has 0 aliphatic carbocycles. The molecule has 0 spiro atoms. The summed E-state index contributed by atoms with van der Waals surface area (Å²) in [5, 5.41) is 4.40. The number of thiazole rings is 1. The topological polar surface area (TPSA) is 116 Å². The summed E-state index contributed by atoms with van der Waals surface area (Å²) in [5.41, 5.74) is 3.27. The average molecular weight is 498 g/mol. The molecule has 1 aliphatic heterocycles. The zero-order valence-electron chi connectivity index (χ0n) is 18.5. The van der Waals surface area contributed by atoms with Crippen LogP contribution in [0.2, 0.25) is 0 Å². The highest BCUT2D eigenvalue weighted by atomic mass is 32.1. The van der Waals surface area contributed by atoms with Crippen LogP contribution < -0.4 is 10.8 Å². The van der Waals surface area contributed by atoms with Gasteiger partial charge in [-0.1, -0.05) is 41.7 Å². The number of fused-ring (bicyclic) bond motifs is 1. The molecule has 0 saturated carbocycles. The van der Waals surface area contributed by atoms with E-state index in [1.165, 1.54) is 6.07 Å². The maximum Gasteiger partial charge on any atom is 0.391 e. The number of piperidine rings is 1. The second-order valence-corrected chi connectivity index (χ2v) is 10.9. The van der Waals surface area contributed by atoms with Gasteiger partial charge < -0.3 is 24.4 Å². The standard InChI is InChI=1S/C24H24N3O5PS/c1-15(28)27-12-10-18(11-13-27)25-24-26-20-7-3-6-19(23(20)34-24)16-4-2-5-17(14-16)21-8-9-22(32-21)33(29,30)31/h2-9,14,18H,10-13H2,1H3,(H,25,26)(H2,29,30,31). The zero-order chi connectivity index (χ0) is 23.9. The predicted molar refractivity (Wildman–Crippen MR) is 133 cm³/mol. The van der Waals surface area contributed by atoms with Gasteiger partial charge in [0.2, 0.25) is 11.4 Å². The van der Waals surface area contributed by atoms with E-state index < -0.39 is 7.60 Å². The van der Waals surface area contributed by atoms with Crippen molar-refractivity contribution in [3.05, 3.63) is 54.6 Å². The first-order valence-electron chi connectivity index (χ1n) is 11.0. The van der Waals surface area contributed by atoms with Gasteiger partial charge in [-0.05, 0) is 42.7 Å². The van der Waals surface area contributed by atoms with E-state index in [1.54, 1.807) is 24.3 Å². The van der Waals surface area contributed by atoms with Crippen LogP contribution in [0, 0.1) is 0 Å². The summed E-state index contributed by atoms with van der Waals surface area (Å²) >= 11 is 1.60. The fourth-order valence-electron chi connectivity index (χ4n) is 4.23. The number of hydrogen-bond acceptors (Lipinski definition) is 6. The average Bonchev–Trinajstić information content (AvgIpc) is 3.46. The Morgan fingerprint density at radius 2 is 1.85 bits per heavy atom. The van der Waals surface area contributed by atoms with E-state index in [0.29, 0.717) is 5.76 Å². The third-order valence-electron chi connectivity index (χ3n) is 6.02. The molecule has 1 saturated heterocycles. The molecule has 2 aromatic carbocycles. The summed E-state index contributed by atoms with van der Waals surface area (Å²) in [6, 6.07) is 16.8. The normalized spacial score (nSPS) is 15.1. The third kappa shape index (κ3) is 4.65. The van der Waals surface area contributed by atoms with Crippen LogP contribution in [0.3, 0.4) is 0 Å². The van der Waals surface area contributed by atoms with Crippen LogP contribution in [0.15, 0.2) is 59.0 Å². The van der Waals surface area contributed by atoms with Crippen LogP contribution in [-0.2, 0) is 9.36 Å². The number of carbonyl (C=O) groups excluding carboxylic acids is 1. The molecule has 0 bridgehead atoms. The number of carbonyl (C=O) groups is 1. The van der Waals surface area contributed by atoms with E-state index in [2.05, 4.69) is 5.32 Å². The number of nitrogens with zero attached hydrogens (tertiary/aromatic N) is 2. The van der Waals surface area contributed by atoms with E-state index in [-0.39, 0.29) is 17.5 Å². The molecular weight excluding hydrogens is 473 g/mol. The van der Waals surface area contributed by atoms with Gasteiger partial charge in [-0.15, -0.1) is 0 Å². The summed E-state index contributed by atoms with van der Waals surface area (Å²) in [5.74, 6) is 0.522. The number of nitrogens with one attached hydrogen (secondary N) is 1. The quantitative estimate of drug-likeness (QED) is 0.349. The van der Waals surface area contributed by atoms with Crippen molar-refractivity contribution in [2.75, 3.05) is 18.4 Å². The fourth-order valence-corrected chi connectivity index (χ4v) is 5.79. The molecule has 0 unspecified atom stereocenters. The lowest BCUT2D eigenvalue weighted by molar-refractivity contribution is -0.129. The number of likely N-dealkylation sites (tertiary alicyclic amines) is 1. The van der Waals surface area contributed by atoms with Crippen LogP contribution >= 0.6 is 18.9 Å². The van der Waals surface area contributed by atoms with Crippen LogP contribution in [0.1, 0.15) is 19.8 Å². The molecule has 3 N–H and O–H groups in total. The Labute approximate surface area is 200 Å². The lowest BCUT2D eigenvalue weighted by atomic mass is 10.0. The lowest BCUT2D eigenvalue weighted by Crippen LogP contribution is -2.41. The first kappa shape index (κ1) is 22.8. The maximum absolute atomic E-state index is 11.6. The fraction of sp³-hybridized carbons (Fsp3) is 0.250. The zero-order valence-corrected chi connectivity index (χ0v) is 20.2. The smallest absolute Gasteiger partial charge is 0.391 e. The van der Waals surface area contributed by atoms with Crippen molar-refractivity contribution in [3.8, 4) is 22.5 Å². The predicted octanol–water partition coefficient (Wildman–Crippen LogP) is 4.45. The highest BCUT2D eigenvalue weighted by Gasteiger charge is 2.23. The van der Waals surface area contributed by atoms with Crippen LogP contribution in [0.25, 0.3) is 32.7 Å². The van der Waals surface area contributed by atoms with Crippen molar-refractivity contribution < 1.29 is 23.6 Å². The Bertz CT molecular complexity index is 1400. The van der Waals surface area contributed by atoms with E-state index in [9.17, 15) is 19.1 Å². The van der Waals surface area contributed by atoms with Crippen molar-refractivity contribution >= 4 is 45.7 Å². The second-order valence-electron chi connectivity index (χ2n) is 8.36. The molecule has 8 nitrogen and oxygen atoms in total. The van der Waals surface area contributed by atoms with Gasteiger partial charge in [0.05, 0.1) is 10.2 Å². The number of anilines is 1. The van der Waals surface area contributed by atoms with E-state index >= 15 is 0 Å². The minimum atomic E-state index is -4.44. The number of rotatable bonds is 5. The molecular formula is C24H24N3O5PS. The Morgan fingerprint density at radius 1 is 1.12 bits per heavy atom. The minimum Gasteiger partial charge on any atom is -0.448 e. The Kier molecular flexibility index (Phi) is 6.04. The summed E-state index contributed by atoms with van der Waals surface area (Å²) in [7, 11) is -4.44. The Morgan fingerprint density at radius 3 is 2.56 bits per heavy atom. The van der Waals surface area contributed by atoms with Crippen LogP contribution in [-0.4, -0.2) is 44.7 Å². The maximum atomic E-state index is 11.6. The lowest BCUT2D eigenvalue weighted by Gasteiger charge is -2.31. The first-order chi connectivity index (χ1) is 16.3. The summed E-state index contributed by atoms with van der Waals surface area (Å²) in [6.07, 6.45) is 1.79.